The van der Waals surface area contributed by atoms with E-state index < -0.39 is 11.5 Å². The third-order valence-electron chi connectivity index (χ3n) is 4.32. The number of nitrogens with zero attached hydrogens (tertiary/aromatic N) is 1. The van der Waals surface area contributed by atoms with Crippen molar-refractivity contribution in [2.24, 2.45) is 5.92 Å². The number of hydrogen-bond donors (Lipinski definition) is 2. The molecule has 2 aliphatic rings. The highest BCUT2D eigenvalue weighted by Crippen LogP contribution is 2.32. The van der Waals surface area contributed by atoms with Crippen LogP contribution in [0.1, 0.15) is 44.9 Å². The molecule has 0 atom stereocenters. The Morgan fingerprint density at radius 3 is 2.33 bits per heavy atom. The number of urea groups is 1. The Morgan fingerprint density at radius 2 is 1.89 bits per heavy atom. The molecule has 0 aromatic carbocycles. The molecule has 0 saturated heterocycles. The molecule has 2 amide bonds. The first-order valence-electron chi connectivity index (χ1n) is 6.80. The Hall–Kier alpha value is -1.26. The summed E-state index contributed by atoms with van der Waals surface area (Å²) in [4.78, 5) is 24.8. The lowest BCUT2D eigenvalue weighted by atomic mass is 9.77. The summed E-state index contributed by atoms with van der Waals surface area (Å²) in [6, 6.07) is -0.246. The van der Waals surface area contributed by atoms with Crippen molar-refractivity contribution in [2.45, 2.75) is 50.5 Å². The number of aliphatic carboxylic acids is 1. The zero-order valence-electron chi connectivity index (χ0n) is 10.9. The minimum absolute atomic E-state index is 0.246. The molecule has 0 bridgehead atoms. The minimum Gasteiger partial charge on any atom is -0.480 e. The van der Waals surface area contributed by atoms with Crippen LogP contribution >= 0.6 is 0 Å². The van der Waals surface area contributed by atoms with Gasteiger partial charge in [0.1, 0.15) is 5.54 Å². The van der Waals surface area contributed by atoms with Gasteiger partial charge in [0.25, 0.3) is 0 Å². The van der Waals surface area contributed by atoms with E-state index in [-0.39, 0.29) is 6.03 Å². The average Bonchev–Trinajstić information content (AvgIpc) is 2.75. The van der Waals surface area contributed by atoms with Crippen molar-refractivity contribution in [1.29, 1.82) is 0 Å². The summed E-state index contributed by atoms with van der Waals surface area (Å²) in [6.45, 7) is 0.738. The van der Waals surface area contributed by atoms with E-state index in [1.165, 1.54) is 25.7 Å². The molecule has 2 saturated carbocycles. The highest BCUT2D eigenvalue weighted by atomic mass is 16.4. The first-order valence-corrected chi connectivity index (χ1v) is 6.80. The zero-order chi connectivity index (χ0) is 13.2. The van der Waals surface area contributed by atoms with Gasteiger partial charge in [0.2, 0.25) is 0 Å². The van der Waals surface area contributed by atoms with E-state index in [0.29, 0.717) is 18.8 Å². The maximum absolute atomic E-state index is 12.0. The lowest BCUT2D eigenvalue weighted by Gasteiger charge is -2.39. The van der Waals surface area contributed by atoms with Crippen molar-refractivity contribution < 1.29 is 14.7 Å². The van der Waals surface area contributed by atoms with Crippen LogP contribution in [0.2, 0.25) is 0 Å². The van der Waals surface area contributed by atoms with Crippen LogP contribution in [0.15, 0.2) is 0 Å². The SMILES string of the molecule is CN(CC1CCCC1)C(=O)NC1(C(=O)O)CCC1. The summed E-state index contributed by atoms with van der Waals surface area (Å²) in [7, 11) is 1.75. The van der Waals surface area contributed by atoms with E-state index >= 15 is 0 Å². The van der Waals surface area contributed by atoms with Gasteiger partial charge in [-0.15, -0.1) is 0 Å². The molecule has 2 rings (SSSR count). The first kappa shape index (κ1) is 13.2. The molecule has 2 N–H and O–H groups in total. The quantitative estimate of drug-likeness (QED) is 0.804. The second-order valence-corrected chi connectivity index (χ2v) is 5.70. The third-order valence-corrected chi connectivity index (χ3v) is 4.32. The summed E-state index contributed by atoms with van der Waals surface area (Å²) in [6.07, 6.45) is 6.83. The van der Waals surface area contributed by atoms with Crippen molar-refractivity contribution in [3.05, 3.63) is 0 Å². The number of nitrogens with one attached hydrogen (secondary N) is 1. The zero-order valence-corrected chi connectivity index (χ0v) is 10.9. The van der Waals surface area contributed by atoms with Gasteiger partial charge in [-0.05, 0) is 38.0 Å². The number of carbonyl (C=O) groups is 2. The van der Waals surface area contributed by atoms with Crippen LogP contribution in [0, 0.1) is 5.92 Å². The highest BCUT2D eigenvalue weighted by Gasteiger charge is 2.46. The molecule has 0 radical (unpaired) electrons. The molecule has 0 aromatic heterocycles. The third kappa shape index (κ3) is 2.60. The van der Waals surface area contributed by atoms with Crippen LogP contribution in [0.25, 0.3) is 0 Å². The predicted molar refractivity (Wildman–Crippen MR) is 67.3 cm³/mol. The predicted octanol–water partition coefficient (Wildman–Crippen LogP) is 1.83. The van der Waals surface area contributed by atoms with Gasteiger partial charge in [-0.3, -0.25) is 0 Å². The number of carbonyl (C=O) groups excluding carboxylic acids is 1. The van der Waals surface area contributed by atoms with E-state index in [4.69, 9.17) is 5.11 Å². The molecule has 0 spiro atoms. The minimum atomic E-state index is -0.999. The normalized spacial score (nSPS) is 22.3. The Morgan fingerprint density at radius 1 is 1.28 bits per heavy atom. The molecule has 2 fully saturated rings. The van der Waals surface area contributed by atoms with Gasteiger partial charge in [0.05, 0.1) is 0 Å². The van der Waals surface area contributed by atoms with Gasteiger partial charge in [-0.2, -0.15) is 0 Å². The van der Waals surface area contributed by atoms with Crippen LogP contribution < -0.4 is 5.32 Å². The van der Waals surface area contributed by atoms with Gasteiger partial charge < -0.3 is 15.3 Å². The molecule has 18 heavy (non-hydrogen) atoms. The van der Waals surface area contributed by atoms with Crippen molar-refractivity contribution in [3.63, 3.8) is 0 Å². The Labute approximate surface area is 108 Å². The second-order valence-electron chi connectivity index (χ2n) is 5.70. The summed E-state index contributed by atoms with van der Waals surface area (Å²) in [5.41, 5.74) is -0.999. The van der Waals surface area contributed by atoms with E-state index in [1.54, 1.807) is 11.9 Å². The standard InChI is InChI=1S/C13H22N2O3/c1-15(9-10-5-2-3-6-10)12(18)14-13(11(16)17)7-4-8-13/h10H,2-9H2,1H3,(H,14,18)(H,16,17). The van der Waals surface area contributed by atoms with Crippen LogP contribution in [-0.4, -0.2) is 41.1 Å². The van der Waals surface area contributed by atoms with Gasteiger partial charge >= 0.3 is 12.0 Å². The van der Waals surface area contributed by atoms with E-state index in [2.05, 4.69) is 5.32 Å². The van der Waals surface area contributed by atoms with Crippen molar-refractivity contribution in [1.82, 2.24) is 10.2 Å². The van der Waals surface area contributed by atoms with Crippen LogP contribution in [0.4, 0.5) is 4.79 Å². The summed E-state index contributed by atoms with van der Waals surface area (Å²) in [5.74, 6) is -0.320. The van der Waals surface area contributed by atoms with Crippen LogP contribution in [0.5, 0.6) is 0 Å². The van der Waals surface area contributed by atoms with Gasteiger partial charge in [-0.1, -0.05) is 12.8 Å². The fourth-order valence-corrected chi connectivity index (χ4v) is 2.89. The average molecular weight is 254 g/mol. The fourth-order valence-electron chi connectivity index (χ4n) is 2.89. The number of amides is 2. The summed E-state index contributed by atoms with van der Waals surface area (Å²) in [5, 5.41) is 11.9. The lowest BCUT2D eigenvalue weighted by Crippen LogP contribution is -2.61. The van der Waals surface area contributed by atoms with E-state index in [0.717, 1.165) is 13.0 Å². The van der Waals surface area contributed by atoms with E-state index in [9.17, 15) is 9.59 Å². The van der Waals surface area contributed by atoms with Gasteiger partial charge in [0, 0.05) is 13.6 Å². The molecule has 5 nitrogen and oxygen atoms in total. The summed E-state index contributed by atoms with van der Waals surface area (Å²) < 4.78 is 0. The van der Waals surface area contributed by atoms with E-state index in [1.807, 2.05) is 0 Å². The monoisotopic (exact) mass is 254 g/mol. The molecule has 2 aliphatic carbocycles. The van der Waals surface area contributed by atoms with Crippen LogP contribution in [0.3, 0.4) is 0 Å². The number of carboxylic acid groups (broad SMARTS) is 1. The fraction of sp³-hybridized carbons (Fsp3) is 0.846. The molecule has 5 heteroatoms. The maximum Gasteiger partial charge on any atom is 0.329 e. The summed E-state index contributed by atoms with van der Waals surface area (Å²) >= 11 is 0. The lowest BCUT2D eigenvalue weighted by molar-refractivity contribution is -0.148. The number of rotatable bonds is 4. The molecule has 0 aromatic rings. The van der Waals surface area contributed by atoms with Gasteiger partial charge in [0.15, 0.2) is 0 Å². The van der Waals surface area contributed by atoms with Crippen molar-refractivity contribution in [2.75, 3.05) is 13.6 Å². The molecule has 0 heterocycles. The molecule has 0 aliphatic heterocycles. The maximum atomic E-state index is 12.0. The second kappa shape index (κ2) is 5.16. The Balaban J connectivity index is 1.84. The van der Waals surface area contributed by atoms with Crippen molar-refractivity contribution >= 4 is 12.0 Å². The molecular formula is C13H22N2O3. The van der Waals surface area contributed by atoms with Crippen molar-refractivity contribution in [3.8, 4) is 0 Å². The highest BCUT2D eigenvalue weighted by molar-refractivity contribution is 5.87. The first-order chi connectivity index (χ1) is 8.53. The molecule has 0 unspecified atom stereocenters. The molecular weight excluding hydrogens is 232 g/mol. The molecule has 102 valence electrons. The largest absolute Gasteiger partial charge is 0.480 e. The Bertz CT molecular complexity index is 333. The van der Waals surface area contributed by atoms with Crippen LogP contribution in [-0.2, 0) is 4.79 Å². The number of hydrogen-bond acceptors (Lipinski definition) is 2. The van der Waals surface area contributed by atoms with Gasteiger partial charge in [-0.25, -0.2) is 9.59 Å². The Kier molecular flexibility index (Phi) is 3.78. The smallest absolute Gasteiger partial charge is 0.329 e. The topological polar surface area (TPSA) is 69.6 Å². The number of carboxylic acids is 1.